The van der Waals surface area contributed by atoms with Gasteiger partial charge in [0.25, 0.3) is 0 Å². The molecule has 0 radical (unpaired) electrons. The number of rotatable bonds is 5. The Morgan fingerprint density at radius 2 is 0.877 bits per heavy atom. The van der Waals surface area contributed by atoms with Gasteiger partial charge in [0.15, 0.2) is 5.58 Å². The van der Waals surface area contributed by atoms with Gasteiger partial charge in [0.2, 0.25) is 0 Å². The van der Waals surface area contributed by atoms with E-state index in [2.05, 4.69) is 185 Å². The molecule has 0 aliphatic rings. The monoisotopic (exact) mass is 727 g/mol. The predicted molar refractivity (Wildman–Crippen MR) is 237 cm³/mol. The van der Waals surface area contributed by atoms with E-state index < -0.39 is 0 Å². The third-order valence-corrected chi connectivity index (χ3v) is 11.5. The van der Waals surface area contributed by atoms with E-state index in [0.29, 0.717) is 0 Å². The zero-order chi connectivity index (χ0) is 37.5. The minimum Gasteiger partial charge on any atom is -0.454 e. The summed E-state index contributed by atoms with van der Waals surface area (Å²) in [7, 11) is 0. The maximum Gasteiger partial charge on any atom is 0.154 e. The van der Waals surface area contributed by atoms with Crippen molar-refractivity contribution in [3.8, 4) is 44.9 Å². The fraction of sp³-hybridized carbons (Fsp3) is 0. The Bertz CT molecular complexity index is 3460. The number of hydrogen-bond donors (Lipinski definition) is 0. The van der Waals surface area contributed by atoms with Crippen LogP contribution in [0.25, 0.3) is 111 Å². The lowest BCUT2D eigenvalue weighted by molar-refractivity contribution is 0.668. The largest absolute Gasteiger partial charge is 0.454 e. The molecule has 0 atom stereocenters. The van der Waals surface area contributed by atoms with Gasteiger partial charge in [0.05, 0.1) is 22.1 Å². The lowest BCUT2D eigenvalue weighted by atomic mass is 9.98. The van der Waals surface area contributed by atoms with Crippen LogP contribution in [-0.4, -0.2) is 14.1 Å². The number of hydrogen-bond acceptors (Lipinski definition) is 2. The standard InChI is InChI=1S/C53H33N3O/c1-3-13-34(14-4-1)38-29-39(35-15-5-2-6-16-35)31-40(30-38)55-46-20-10-8-18-42(46)45-32-36(24-26-48(45)55)37-23-25-43-41-17-7-11-21-47(41)56(49(43)33-37)52-28-27-51-53(54-52)44-19-9-12-22-50(44)57-51/h1-33H. The molecule has 8 aromatic carbocycles. The third-order valence-electron chi connectivity index (χ3n) is 11.5. The van der Waals surface area contributed by atoms with E-state index in [1.54, 1.807) is 0 Å². The van der Waals surface area contributed by atoms with Crippen molar-refractivity contribution in [2.45, 2.75) is 0 Å². The highest BCUT2D eigenvalue weighted by molar-refractivity contribution is 6.13. The third kappa shape index (κ3) is 4.98. The molecule has 0 spiro atoms. The van der Waals surface area contributed by atoms with Crippen molar-refractivity contribution in [3.05, 3.63) is 200 Å². The molecule has 4 aromatic heterocycles. The van der Waals surface area contributed by atoms with E-state index in [1.807, 2.05) is 24.3 Å². The molecular weight excluding hydrogens is 695 g/mol. The van der Waals surface area contributed by atoms with Crippen molar-refractivity contribution >= 4 is 65.7 Å². The van der Waals surface area contributed by atoms with Gasteiger partial charge in [-0.2, -0.15) is 0 Å². The molecule has 0 fully saturated rings. The molecule has 0 N–H and O–H groups in total. The summed E-state index contributed by atoms with van der Waals surface area (Å²) >= 11 is 0. The van der Waals surface area contributed by atoms with Crippen LogP contribution in [0.1, 0.15) is 0 Å². The zero-order valence-electron chi connectivity index (χ0n) is 30.8. The topological polar surface area (TPSA) is 35.9 Å². The minimum absolute atomic E-state index is 0.789. The van der Waals surface area contributed by atoms with Crippen LogP contribution in [0.4, 0.5) is 0 Å². The lowest BCUT2D eigenvalue weighted by Gasteiger charge is -2.14. The van der Waals surface area contributed by atoms with E-state index in [0.717, 1.165) is 55.7 Å². The Kier molecular flexibility index (Phi) is 6.89. The number of nitrogens with zero attached hydrogens (tertiary/aromatic N) is 3. The van der Waals surface area contributed by atoms with Gasteiger partial charge in [0, 0.05) is 32.6 Å². The molecular formula is C53H33N3O. The van der Waals surface area contributed by atoms with Crippen molar-refractivity contribution in [1.82, 2.24) is 14.1 Å². The molecule has 12 rings (SSSR count). The van der Waals surface area contributed by atoms with Crippen molar-refractivity contribution in [2.24, 2.45) is 0 Å². The number of furan rings is 1. The second kappa shape index (κ2) is 12.4. The van der Waals surface area contributed by atoms with E-state index in [4.69, 9.17) is 9.40 Å². The molecule has 0 amide bonds. The minimum atomic E-state index is 0.789. The molecule has 266 valence electrons. The summed E-state index contributed by atoms with van der Waals surface area (Å²) in [5.74, 6) is 0.864. The Labute approximate surface area is 328 Å². The summed E-state index contributed by atoms with van der Waals surface area (Å²) < 4.78 is 10.9. The van der Waals surface area contributed by atoms with Gasteiger partial charge in [-0.15, -0.1) is 0 Å². The fourth-order valence-electron chi connectivity index (χ4n) is 8.87. The molecule has 0 saturated carbocycles. The summed E-state index contributed by atoms with van der Waals surface area (Å²) in [4.78, 5) is 5.23. The van der Waals surface area contributed by atoms with E-state index >= 15 is 0 Å². The molecule has 0 bridgehead atoms. The highest BCUT2D eigenvalue weighted by Gasteiger charge is 2.19. The predicted octanol–water partition coefficient (Wildman–Crippen LogP) is 14.2. The van der Waals surface area contributed by atoms with Gasteiger partial charge in [0.1, 0.15) is 16.9 Å². The molecule has 57 heavy (non-hydrogen) atoms. The van der Waals surface area contributed by atoms with Crippen LogP contribution in [0.15, 0.2) is 205 Å². The van der Waals surface area contributed by atoms with Crippen LogP contribution >= 0.6 is 0 Å². The Morgan fingerprint density at radius 3 is 1.61 bits per heavy atom. The van der Waals surface area contributed by atoms with Crippen molar-refractivity contribution in [2.75, 3.05) is 0 Å². The number of aromatic nitrogens is 3. The number of para-hydroxylation sites is 3. The van der Waals surface area contributed by atoms with Crippen LogP contribution in [0, 0.1) is 0 Å². The maximum absolute atomic E-state index is 6.15. The van der Waals surface area contributed by atoms with Crippen LogP contribution in [0.2, 0.25) is 0 Å². The molecule has 4 heterocycles. The first kappa shape index (κ1) is 31.6. The zero-order valence-corrected chi connectivity index (χ0v) is 30.8. The molecule has 4 nitrogen and oxygen atoms in total. The number of fused-ring (bicyclic) bond motifs is 9. The van der Waals surface area contributed by atoms with E-state index in [9.17, 15) is 0 Å². The molecule has 0 aliphatic heterocycles. The lowest BCUT2D eigenvalue weighted by Crippen LogP contribution is -1.97. The summed E-state index contributed by atoms with van der Waals surface area (Å²) in [6.07, 6.45) is 0. The van der Waals surface area contributed by atoms with Crippen molar-refractivity contribution in [1.29, 1.82) is 0 Å². The SMILES string of the molecule is c1ccc(-c2cc(-c3ccccc3)cc(-n3c4ccccc4c4cc(-c5ccc6c7ccccc7n(-c7ccc8oc9ccccc9c8n7)c6c5)ccc43)c2)cc1. The fourth-order valence-corrected chi connectivity index (χ4v) is 8.87. The van der Waals surface area contributed by atoms with Gasteiger partial charge in [-0.1, -0.05) is 127 Å². The average Bonchev–Trinajstić information content (AvgIpc) is 3.94. The number of pyridine rings is 1. The first-order valence-electron chi connectivity index (χ1n) is 19.4. The summed E-state index contributed by atoms with van der Waals surface area (Å²) in [5.41, 5.74) is 15.3. The highest BCUT2D eigenvalue weighted by atomic mass is 16.3. The molecule has 4 heteroatoms. The molecule has 0 saturated heterocycles. The molecule has 0 aliphatic carbocycles. The van der Waals surface area contributed by atoms with Crippen molar-refractivity contribution < 1.29 is 4.42 Å². The van der Waals surface area contributed by atoms with E-state index in [-0.39, 0.29) is 0 Å². The molecule has 0 unspecified atom stereocenters. The van der Waals surface area contributed by atoms with Crippen LogP contribution in [0.5, 0.6) is 0 Å². The van der Waals surface area contributed by atoms with Gasteiger partial charge >= 0.3 is 0 Å². The van der Waals surface area contributed by atoms with Gasteiger partial charge < -0.3 is 8.98 Å². The Morgan fingerprint density at radius 1 is 0.316 bits per heavy atom. The summed E-state index contributed by atoms with van der Waals surface area (Å²) in [6.45, 7) is 0. The van der Waals surface area contributed by atoms with Crippen molar-refractivity contribution in [3.63, 3.8) is 0 Å². The Hall–Kier alpha value is -7.69. The quantitative estimate of drug-likeness (QED) is 0.177. The molecule has 12 aromatic rings. The second-order valence-corrected chi connectivity index (χ2v) is 14.8. The smallest absolute Gasteiger partial charge is 0.154 e. The average molecular weight is 728 g/mol. The van der Waals surface area contributed by atoms with Crippen LogP contribution < -0.4 is 0 Å². The van der Waals surface area contributed by atoms with Crippen LogP contribution in [-0.2, 0) is 0 Å². The number of benzene rings is 8. The maximum atomic E-state index is 6.15. The highest BCUT2D eigenvalue weighted by Crippen LogP contribution is 2.40. The first-order valence-corrected chi connectivity index (χ1v) is 19.4. The van der Waals surface area contributed by atoms with E-state index in [1.165, 1.54) is 54.8 Å². The van der Waals surface area contributed by atoms with Gasteiger partial charge in [-0.05, 0) is 106 Å². The second-order valence-electron chi connectivity index (χ2n) is 14.8. The summed E-state index contributed by atoms with van der Waals surface area (Å²) in [6, 6.07) is 71.7. The van der Waals surface area contributed by atoms with Gasteiger partial charge in [-0.25, -0.2) is 4.98 Å². The summed E-state index contributed by atoms with van der Waals surface area (Å²) in [5, 5.41) is 5.85. The normalized spacial score (nSPS) is 11.9. The van der Waals surface area contributed by atoms with Crippen LogP contribution in [0.3, 0.4) is 0 Å². The first-order chi connectivity index (χ1) is 28.2. The van der Waals surface area contributed by atoms with Gasteiger partial charge in [-0.3, -0.25) is 4.57 Å². The Balaban J connectivity index is 1.05.